The molecule has 0 bridgehead atoms. The van der Waals surface area contributed by atoms with Crippen molar-refractivity contribution < 1.29 is 0 Å². The van der Waals surface area contributed by atoms with Gasteiger partial charge in [-0.3, -0.25) is 0 Å². The van der Waals surface area contributed by atoms with Crippen LogP contribution in [0.2, 0.25) is 0 Å². The van der Waals surface area contributed by atoms with Crippen LogP contribution in [0.4, 0.5) is 0 Å². The molecule has 4 aromatic rings. The molecule has 2 atom stereocenters. The van der Waals surface area contributed by atoms with Crippen molar-refractivity contribution in [3.8, 4) is 0 Å². The maximum absolute atomic E-state index is 2.44. The van der Waals surface area contributed by atoms with Crippen molar-refractivity contribution in [3.05, 3.63) is 153 Å². The Balaban J connectivity index is 1.43. The zero-order valence-electron chi connectivity index (χ0n) is 17.2. The van der Waals surface area contributed by atoms with Crippen LogP contribution < -0.4 is 0 Å². The summed E-state index contributed by atoms with van der Waals surface area (Å²) in [6.07, 6.45) is 4.88. The van der Waals surface area contributed by atoms with E-state index in [-0.39, 0.29) is 0 Å². The van der Waals surface area contributed by atoms with E-state index in [2.05, 4.69) is 121 Å². The standard InChI is InChI=1S/C30H22Si/c1-3-11-21(12-4-1)29-25-17-9-7-15-23(25)19-27(29)31-28-20-24-16-8-10-18-26(24)30(28)22-13-5-2-6-14-22/h1-20,29-30H. The van der Waals surface area contributed by atoms with Crippen LogP contribution in [0.25, 0.3) is 12.2 Å². The lowest BCUT2D eigenvalue weighted by atomic mass is 9.93. The molecule has 31 heavy (non-hydrogen) atoms. The van der Waals surface area contributed by atoms with Gasteiger partial charge in [-0.25, -0.2) is 0 Å². The van der Waals surface area contributed by atoms with Crippen LogP contribution in [0, 0.1) is 0 Å². The van der Waals surface area contributed by atoms with Crippen molar-refractivity contribution in [1.82, 2.24) is 0 Å². The minimum atomic E-state index is 0.344. The molecule has 0 heterocycles. The van der Waals surface area contributed by atoms with Gasteiger partial charge in [0.2, 0.25) is 0 Å². The molecule has 0 saturated carbocycles. The molecule has 0 amide bonds. The van der Waals surface area contributed by atoms with Gasteiger partial charge in [-0.05, 0) is 33.4 Å². The molecular formula is C30H22Si. The molecule has 0 aromatic heterocycles. The van der Waals surface area contributed by atoms with Crippen molar-refractivity contribution in [2.24, 2.45) is 0 Å². The first-order valence-corrected chi connectivity index (χ1v) is 11.9. The summed E-state index contributed by atoms with van der Waals surface area (Å²) in [6, 6.07) is 39.7. The highest BCUT2D eigenvalue weighted by Crippen LogP contribution is 2.45. The maximum Gasteiger partial charge on any atom is 0.112 e. The zero-order chi connectivity index (χ0) is 20.6. The topological polar surface area (TPSA) is 0 Å². The van der Waals surface area contributed by atoms with Crippen LogP contribution in [0.1, 0.15) is 45.2 Å². The lowest BCUT2D eigenvalue weighted by Crippen LogP contribution is -2.13. The first-order valence-electron chi connectivity index (χ1n) is 10.9. The van der Waals surface area contributed by atoms with Gasteiger partial charge in [-0.2, -0.15) is 0 Å². The molecule has 2 aliphatic carbocycles. The van der Waals surface area contributed by atoms with Gasteiger partial charge in [0.05, 0.1) is 0 Å². The molecule has 0 aliphatic heterocycles. The average Bonchev–Trinajstić information content (AvgIpc) is 3.38. The normalized spacial score (nSPS) is 18.8. The predicted molar refractivity (Wildman–Crippen MR) is 131 cm³/mol. The second kappa shape index (κ2) is 7.68. The zero-order valence-corrected chi connectivity index (χ0v) is 18.2. The van der Waals surface area contributed by atoms with Gasteiger partial charge in [0.15, 0.2) is 0 Å². The smallest absolute Gasteiger partial charge is 0.0676 e. The van der Waals surface area contributed by atoms with E-state index in [0.717, 1.165) is 0 Å². The molecule has 6 rings (SSSR count). The molecule has 0 fully saturated rings. The van der Waals surface area contributed by atoms with Crippen molar-refractivity contribution in [3.63, 3.8) is 0 Å². The minimum absolute atomic E-state index is 0.344. The predicted octanol–water partition coefficient (Wildman–Crippen LogP) is 7.06. The highest BCUT2D eigenvalue weighted by atomic mass is 28.2. The molecule has 2 radical (unpaired) electrons. The number of fused-ring (bicyclic) bond motifs is 2. The van der Waals surface area contributed by atoms with Gasteiger partial charge in [0.1, 0.15) is 9.52 Å². The Kier molecular flexibility index (Phi) is 4.55. The Morgan fingerprint density at radius 1 is 0.419 bits per heavy atom. The third-order valence-corrected chi connectivity index (χ3v) is 7.86. The molecule has 2 unspecified atom stereocenters. The number of hydrogen-bond donors (Lipinski definition) is 0. The highest BCUT2D eigenvalue weighted by molar-refractivity contribution is 6.57. The van der Waals surface area contributed by atoms with E-state index in [1.807, 2.05) is 0 Å². The third-order valence-electron chi connectivity index (χ3n) is 6.41. The average molecular weight is 411 g/mol. The Morgan fingerprint density at radius 2 is 0.806 bits per heavy atom. The van der Waals surface area contributed by atoms with Crippen molar-refractivity contribution in [2.75, 3.05) is 0 Å². The fourth-order valence-corrected chi connectivity index (χ4v) is 6.76. The van der Waals surface area contributed by atoms with Gasteiger partial charge in [-0.1, -0.05) is 132 Å². The lowest BCUT2D eigenvalue weighted by Gasteiger charge is -2.21. The largest absolute Gasteiger partial charge is 0.112 e. The first kappa shape index (κ1) is 18.4. The van der Waals surface area contributed by atoms with Crippen LogP contribution in [0.3, 0.4) is 0 Å². The summed E-state index contributed by atoms with van der Waals surface area (Å²) < 4.78 is 0. The van der Waals surface area contributed by atoms with Crippen molar-refractivity contribution in [1.29, 1.82) is 0 Å². The molecule has 1 heteroatoms. The molecule has 0 N–H and O–H groups in total. The van der Waals surface area contributed by atoms with E-state index < -0.39 is 0 Å². The molecule has 0 saturated heterocycles. The number of allylic oxidation sites excluding steroid dienone is 2. The molecular weight excluding hydrogens is 388 g/mol. The summed E-state index contributed by atoms with van der Waals surface area (Å²) in [5.41, 5.74) is 8.38. The van der Waals surface area contributed by atoms with Crippen LogP contribution in [-0.2, 0) is 0 Å². The summed E-state index contributed by atoms with van der Waals surface area (Å²) in [5, 5.41) is 3.04. The Morgan fingerprint density at radius 3 is 1.26 bits per heavy atom. The van der Waals surface area contributed by atoms with E-state index in [4.69, 9.17) is 0 Å². The van der Waals surface area contributed by atoms with E-state index in [1.165, 1.54) is 43.8 Å². The molecule has 4 aromatic carbocycles. The number of benzene rings is 4. The number of rotatable bonds is 4. The monoisotopic (exact) mass is 410 g/mol. The Labute approximate surface area is 186 Å². The molecule has 146 valence electrons. The SMILES string of the molecule is C1=C([Si]C2=Cc3ccccc3C2c2ccccc2)C(c2ccccc2)c2ccccc21. The Bertz CT molecular complexity index is 1200. The Hall–Kier alpha value is -3.42. The van der Waals surface area contributed by atoms with E-state index in [9.17, 15) is 0 Å². The van der Waals surface area contributed by atoms with Gasteiger partial charge in [0, 0.05) is 11.8 Å². The third kappa shape index (κ3) is 3.22. The van der Waals surface area contributed by atoms with E-state index in [0.29, 0.717) is 21.4 Å². The second-order valence-electron chi connectivity index (χ2n) is 8.27. The summed E-state index contributed by atoms with van der Waals surface area (Å²) in [4.78, 5) is 0. The molecule has 0 spiro atoms. The maximum atomic E-state index is 2.44. The number of hydrogen-bond acceptors (Lipinski definition) is 0. The van der Waals surface area contributed by atoms with Gasteiger partial charge < -0.3 is 0 Å². The van der Waals surface area contributed by atoms with Crippen LogP contribution in [-0.4, -0.2) is 9.52 Å². The lowest BCUT2D eigenvalue weighted by molar-refractivity contribution is 1.01. The first-order chi connectivity index (χ1) is 15.4. The van der Waals surface area contributed by atoms with E-state index in [1.54, 1.807) is 0 Å². The van der Waals surface area contributed by atoms with Crippen molar-refractivity contribution in [2.45, 2.75) is 11.8 Å². The van der Waals surface area contributed by atoms with Gasteiger partial charge in [0.25, 0.3) is 0 Å². The van der Waals surface area contributed by atoms with Crippen LogP contribution >= 0.6 is 0 Å². The second-order valence-corrected chi connectivity index (χ2v) is 9.67. The van der Waals surface area contributed by atoms with Crippen LogP contribution in [0.5, 0.6) is 0 Å². The quantitative estimate of drug-likeness (QED) is 0.316. The fourth-order valence-electron chi connectivity index (χ4n) is 5.04. The summed E-state index contributed by atoms with van der Waals surface area (Å²) in [5.74, 6) is 0.688. The van der Waals surface area contributed by atoms with Gasteiger partial charge >= 0.3 is 0 Å². The van der Waals surface area contributed by atoms with Gasteiger partial charge in [-0.15, -0.1) is 0 Å². The summed E-state index contributed by atoms with van der Waals surface area (Å²) in [6.45, 7) is 0. The minimum Gasteiger partial charge on any atom is -0.0676 e. The summed E-state index contributed by atoms with van der Waals surface area (Å²) in [7, 11) is 0.666. The molecule has 0 nitrogen and oxygen atoms in total. The van der Waals surface area contributed by atoms with Crippen LogP contribution in [0.15, 0.2) is 120 Å². The fraction of sp³-hybridized carbons (Fsp3) is 0.0667. The summed E-state index contributed by atoms with van der Waals surface area (Å²) >= 11 is 0. The highest BCUT2D eigenvalue weighted by Gasteiger charge is 2.32. The molecule has 2 aliphatic rings. The van der Waals surface area contributed by atoms with E-state index >= 15 is 0 Å². The van der Waals surface area contributed by atoms with Crippen molar-refractivity contribution >= 4 is 21.7 Å².